The number of fused-ring (bicyclic) bond motifs is 27. The van der Waals surface area contributed by atoms with Crippen LogP contribution in [0.1, 0.15) is 0 Å². The van der Waals surface area contributed by atoms with Gasteiger partial charge in [-0.15, -0.1) is 11.3 Å². The van der Waals surface area contributed by atoms with Gasteiger partial charge in [-0.2, -0.15) is 0 Å². The number of aromatic nitrogens is 8. The fourth-order valence-corrected chi connectivity index (χ4v) is 21.7. The van der Waals surface area contributed by atoms with Crippen molar-refractivity contribution in [1.82, 2.24) is 38.2 Å². The first-order chi connectivity index (χ1) is 65.4. The van der Waals surface area contributed by atoms with Crippen LogP contribution in [0.15, 0.2) is 442 Å². The Kier molecular flexibility index (Phi) is 17.1. The second-order valence-corrected chi connectivity index (χ2v) is 35.4. The Hall–Kier alpha value is -17.3. The summed E-state index contributed by atoms with van der Waals surface area (Å²) >= 11 is 3.39. The first-order valence-electron chi connectivity index (χ1n) is 44.1. The Morgan fingerprint density at radius 3 is 1.08 bits per heavy atom. The zero-order valence-electron chi connectivity index (χ0n) is 70.4. The van der Waals surface area contributed by atoms with E-state index in [-0.39, 0.29) is 0 Å². The summed E-state index contributed by atoms with van der Waals surface area (Å²) in [7, 11) is 0. The van der Waals surface area contributed by atoms with Crippen LogP contribution >= 0.6 is 22.7 Å². The largest absolute Gasteiger partial charge is 0.456 e. The van der Waals surface area contributed by atoms with E-state index in [4.69, 9.17) is 27.6 Å². The van der Waals surface area contributed by atoms with Crippen molar-refractivity contribution < 1.29 is 17.7 Å². The van der Waals surface area contributed by atoms with Crippen molar-refractivity contribution >= 4 is 229 Å². The number of furan rings is 4. The molecule has 0 bridgehead atoms. The van der Waals surface area contributed by atoms with Crippen LogP contribution in [0, 0.1) is 0 Å². The number of rotatable bonds is 7. The summed E-state index contributed by atoms with van der Waals surface area (Å²) in [6.45, 7) is 0. The number of thiazole rings is 2. The minimum atomic E-state index is 0.901. The fraction of sp³-hybridized carbons (Fsp3) is 0. The van der Waals surface area contributed by atoms with Gasteiger partial charge in [0.1, 0.15) is 44.7 Å². The van der Waals surface area contributed by atoms with Gasteiger partial charge in [-0.1, -0.05) is 248 Å². The van der Waals surface area contributed by atoms with Crippen molar-refractivity contribution in [3.05, 3.63) is 424 Å². The van der Waals surface area contributed by atoms with Crippen LogP contribution in [-0.2, 0) is 0 Å². The lowest BCUT2D eigenvalue weighted by Gasteiger charge is -2.12. The molecule has 0 spiro atoms. The van der Waals surface area contributed by atoms with Gasteiger partial charge in [-0.3, -0.25) is 9.55 Å². The first kappa shape index (κ1) is 74.9. The second kappa shape index (κ2) is 30.2. The molecule has 30 rings (SSSR count). The summed E-state index contributed by atoms with van der Waals surface area (Å²) in [6.07, 6.45) is 3.75. The molecule has 0 aliphatic carbocycles. The predicted octanol–water partition coefficient (Wildman–Crippen LogP) is 32.9. The summed E-state index contributed by atoms with van der Waals surface area (Å²) < 4.78 is 36.5. The number of hydrogen-bond acceptors (Lipinski definition) is 10. The summed E-state index contributed by atoms with van der Waals surface area (Å²) in [5.74, 6) is 0. The molecule has 0 saturated carbocycles. The van der Waals surface area contributed by atoms with Crippen LogP contribution in [0.2, 0.25) is 0 Å². The highest BCUT2D eigenvalue weighted by Gasteiger charge is 2.24. The molecule has 12 aromatic heterocycles. The molecule has 0 unspecified atom stereocenters. The van der Waals surface area contributed by atoms with Crippen molar-refractivity contribution in [1.29, 1.82) is 0 Å². The molecule has 12 heterocycles. The normalized spacial score (nSPS) is 11.9. The number of pyridine rings is 2. The third kappa shape index (κ3) is 12.3. The van der Waals surface area contributed by atoms with E-state index in [1.807, 2.05) is 84.6 Å². The molecule has 18 aromatic carbocycles. The summed E-state index contributed by atoms with van der Waals surface area (Å²) in [5.41, 5.74) is 30.4. The molecule has 0 aliphatic heterocycles. The molecule has 0 radical (unpaired) electrons. The summed E-state index contributed by atoms with van der Waals surface area (Å²) in [5, 5.41) is 22.4. The van der Waals surface area contributed by atoms with E-state index in [1.54, 1.807) is 22.7 Å². The van der Waals surface area contributed by atoms with E-state index >= 15 is 0 Å². The molecule has 0 atom stereocenters. The first-order valence-corrected chi connectivity index (χ1v) is 45.8. The van der Waals surface area contributed by atoms with E-state index in [0.717, 1.165) is 182 Å². The van der Waals surface area contributed by atoms with Gasteiger partial charge in [0.2, 0.25) is 0 Å². The van der Waals surface area contributed by atoms with Gasteiger partial charge in [-0.05, 0) is 162 Å². The maximum absolute atomic E-state index is 6.30. The predicted molar refractivity (Wildman–Crippen MR) is 548 cm³/mol. The number of benzene rings is 18. The molecule has 0 aliphatic rings. The lowest BCUT2D eigenvalue weighted by molar-refractivity contribution is 0.669. The third-order valence-electron chi connectivity index (χ3n) is 26.0. The summed E-state index contributed by atoms with van der Waals surface area (Å²) in [4.78, 5) is 18.6. The SMILES string of the molecule is c1ccc(-c2cc(-c3ccc(-n4c5ccccc5c5cc6c(cc54)oc4ccccc46)cc3)cc(-c3ccccc3)n2)cc1.c1ccc2c(c1)oc1cc3c(cc12)c1ccccc1n3-c1ccc2cnccc2c1.c1ccc2c(c1)oc1cc3c(cc12)c1ccccc1n3-c1ccc2ncsc2c1.c1ccc2sc(-n3c4ccccc4c4cc5c(cc43)oc3ccccc35)nc2c1. The molecule has 618 valence electrons. The Morgan fingerprint density at radius 1 is 0.220 bits per heavy atom. The number of para-hydroxylation sites is 9. The van der Waals surface area contributed by atoms with Gasteiger partial charge in [0.25, 0.3) is 0 Å². The van der Waals surface area contributed by atoms with Gasteiger partial charge in [0.05, 0.1) is 81.5 Å². The molecular weight excluding hydrogens is 1660 g/mol. The molecule has 0 fully saturated rings. The molecule has 0 amide bonds. The fourth-order valence-electron chi connectivity index (χ4n) is 20.0. The minimum absolute atomic E-state index is 0.901. The van der Waals surface area contributed by atoms with E-state index < -0.39 is 0 Å². The average molecular weight is 1730 g/mol. The van der Waals surface area contributed by atoms with Crippen LogP contribution in [-0.4, -0.2) is 38.2 Å². The average Bonchev–Trinajstić information content (AvgIpc) is 1.58. The smallest absolute Gasteiger partial charge is 0.195 e. The zero-order chi connectivity index (χ0) is 86.6. The lowest BCUT2D eigenvalue weighted by atomic mass is 10.00. The number of nitrogens with zero attached hydrogens (tertiary/aromatic N) is 8. The van der Waals surface area contributed by atoms with Crippen molar-refractivity contribution in [3.8, 4) is 55.8 Å². The molecule has 0 N–H and O–H groups in total. The van der Waals surface area contributed by atoms with Gasteiger partial charge in [0, 0.05) is 156 Å². The van der Waals surface area contributed by atoms with Crippen LogP contribution < -0.4 is 0 Å². The van der Waals surface area contributed by atoms with Gasteiger partial charge in [0.15, 0.2) is 5.13 Å². The molecule has 30 aromatic rings. The van der Waals surface area contributed by atoms with E-state index in [9.17, 15) is 0 Å². The van der Waals surface area contributed by atoms with Crippen LogP contribution in [0.25, 0.3) is 262 Å². The van der Waals surface area contributed by atoms with Crippen molar-refractivity contribution in [2.75, 3.05) is 0 Å². The minimum Gasteiger partial charge on any atom is -0.456 e. The highest BCUT2D eigenvalue weighted by atomic mass is 32.1. The van der Waals surface area contributed by atoms with Crippen molar-refractivity contribution in [2.24, 2.45) is 0 Å². The van der Waals surface area contributed by atoms with E-state index in [2.05, 4.69) is 368 Å². The maximum Gasteiger partial charge on any atom is 0.195 e. The van der Waals surface area contributed by atoms with E-state index in [0.29, 0.717) is 0 Å². The topological polar surface area (TPSA) is 124 Å². The Balaban J connectivity index is 0.0000000916. The van der Waals surface area contributed by atoms with E-state index in [1.165, 1.54) is 79.9 Å². The van der Waals surface area contributed by atoms with Gasteiger partial charge < -0.3 is 31.4 Å². The van der Waals surface area contributed by atoms with Gasteiger partial charge >= 0.3 is 0 Å². The third-order valence-corrected chi connectivity index (χ3v) is 27.9. The summed E-state index contributed by atoms with van der Waals surface area (Å²) in [6, 6.07) is 143. The Morgan fingerprint density at radius 2 is 0.606 bits per heavy atom. The molecule has 132 heavy (non-hydrogen) atoms. The molecule has 0 saturated heterocycles. The van der Waals surface area contributed by atoms with Gasteiger partial charge in [-0.25, -0.2) is 15.0 Å². The highest BCUT2D eigenvalue weighted by Crippen LogP contribution is 2.46. The number of hydrogen-bond donors (Lipinski definition) is 0. The van der Waals surface area contributed by atoms with Crippen LogP contribution in [0.3, 0.4) is 0 Å². The van der Waals surface area contributed by atoms with Crippen LogP contribution in [0.4, 0.5) is 0 Å². The monoisotopic (exact) mass is 1730 g/mol. The van der Waals surface area contributed by atoms with Crippen molar-refractivity contribution in [3.63, 3.8) is 0 Å². The van der Waals surface area contributed by atoms with Crippen LogP contribution in [0.5, 0.6) is 0 Å². The molecule has 12 nitrogen and oxygen atoms in total. The lowest BCUT2D eigenvalue weighted by Crippen LogP contribution is -1.94. The molecular formula is C118H70N8O4S2. The standard InChI is InChI=1S/C41H26N2O.C27H16N2O.2C25H14N2OS/c1-3-11-28(12-4-1)36-23-30(24-37(42-36)29-13-5-2-6-14-29)27-19-21-31(22-20-27)43-38-17-9-7-15-32(38)34-25-35-33-16-8-10-18-40(33)44-41(35)26-39(34)43;1-3-7-24-20(5-1)22-14-23-21-6-2-4-8-26(21)30-27(23)15-25(22)29(24)19-10-9-18-16-28-12-11-17(18)13-19;1-4-10-20-15(7-1)17-13-18-16-8-2-5-11-22(16)28-23(18)14-21(17)27(20)25-26-19-9-3-6-12-24(19)29-25;1-3-7-21-16(5-1)18-12-19-17-6-2-4-8-23(17)28-24(19)13-22(18)27(21)15-9-10-20-25(11-15)29-14-26-20/h1-26H;1-16H;2*1-14H. The second-order valence-electron chi connectivity index (χ2n) is 33.5. The van der Waals surface area contributed by atoms with Crippen molar-refractivity contribution in [2.45, 2.75) is 0 Å². The highest BCUT2D eigenvalue weighted by molar-refractivity contribution is 7.20. The molecule has 14 heteroatoms. The Bertz CT molecular complexity index is 9630. The quantitative estimate of drug-likeness (QED) is 0.155. The zero-order valence-corrected chi connectivity index (χ0v) is 72.1. The Labute approximate surface area is 759 Å². The maximum atomic E-state index is 6.30.